The molecule has 1 heterocycles. The lowest BCUT2D eigenvalue weighted by molar-refractivity contribution is -0.134. The first kappa shape index (κ1) is 11.0. The van der Waals surface area contributed by atoms with Gasteiger partial charge in [-0.15, -0.1) is 0 Å². The maximum absolute atomic E-state index is 11.7. The van der Waals surface area contributed by atoms with Crippen LogP contribution in [0.5, 0.6) is 0 Å². The molecule has 1 aliphatic rings. The van der Waals surface area contributed by atoms with E-state index in [1.54, 1.807) is 0 Å². The number of halogens is 1. The van der Waals surface area contributed by atoms with Gasteiger partial charge in [0.05, 0.1) is 0 Å². The van der Waals surface area contributed by atoms with Crippen molar-refractivity contribution in [3.8, 4) is 0 Å². The van der Waals surface area contributed by atoms with Crippen LogP contribution < -0.4 is 0 Å². The van der Waals surface area contributed by atoms with E-state index in [4.69, 9.17) is 0 Å². The quantitative estimate of drug-likeness (QED) is 0.701. The molecule has 0 spiro atoms. The molecular weight excluding hydrogens is 230 g/mol. The van der Waals surface area contributed by atoms with Crippen LogP contribution in [0, 0.1) is 11.8 Å². The van der Waals surface area contributed by atoms with Crippen LogP contribution in [0.4, 0.5) is 0 Å². The molecule has 1 fully saturated rings. The van der Waals surface area contributed by atoms with Crippen LogP contribution >= 0.6 is 15.9 Å². The summed E-state index contributed by atoms with van der Waals surface area (Å²) in [5.41, 5.74) is 0. The van der Waals surface area contributed by atoms with Crippen molar-refractivity contribution in [3.63, 3.8) is 0 Å². The maximum Gasteiger partial charge on any atom is 0.225 e. The van der Waals surface area contributed by atoms with Gasteiger partial charge in [0.15, 0.2) is 0 Å². The third-order valence-electron chi connectivity index (χ3n) is 2.85. The van der Waals surface area contributed by atoms with E-state index in [1.165, 1.54) is 0 Å². The van der Waals surface area contributed by atoms with Crippen molar-refractivity contribution in [1.29, 1.82) is 0 Å². The molecule has 1 rings (SSSR count). The Balaban J connectivity index is 2.41. The lowest BCUT2D eigenvalue weighted by Crippen LogP contribution is -2.33. The fourth-order valence-electron chi connectivity index (χ4n) is 1.65. The standard InChI is InChI=1S/C10H18BrNO/c1-3-8(2)10(13)12-5-4-9(6-11)7-12/h8-9H,3-7H2,1-2H3. The Hall–Kier alpha value is -0.0500. The second-order valence-corrected chi connectivity index (χ2v) is 4.55. The zero-order valence-electron chi connectivity index (χ0n) is 8.42. The van der Waals surface area contributed by atoms with Gasteiger partial charge >= 0.3 is 0 Å². The highest BCUT2D eigenvalue weighted by Crippen LogP contribution is 2.20. The lowest BCUT2D eigenvalue weighted by atomic mass is 10.1. The summed E-state index contributed by atoms with van der Waals surface area (Å²) in [6.07, 6.45) is 2.11. The molecule has 0 aromatic heterocycles. The Kier molecular flexibility index (Phi) is 4.23. The average molecular weight is 248 g/mol. The molecule has 0 aromatic rings. The predicted octanol–water partition coefficient (Wildman–Crippen LogP) is 2.28. The minimum atomic E-state index is 0.203. The fraction of sp³-hybridized carbons (Fsp3) is 0.900. The van der Waals surface area contributed by atoms with Gasteiger partial charge in [-0.25, -0.2) is 0 Å². The Morgan fingerprint density at radius 3 is 2.85 bits per heavy atom. The second kappa shape index (κ2) is 4.99. The Labute approximate surface area is 88.8 Å². The van der Waals surface area contributed by atoms with E-state index in [0.29, 0.717) is 11.8 Å². The van der Waals surface area contributed by atoms with Gasteiger partial charge in [-0.05, 0) is 18.8 Å². The Morgan fingerprint density at radius 2 is 2.38 bits per heavy atom. The number of amides is 1. The highest BCUT2D eigenvalue weighted by molar-refractivity contribution is 9.09. The maximum atomic E-state index is 11.7. The van der Waals surface area contributed by atoms with E-state index < -0.39 is 0 Å². The minimum Gasteiger partial charge on any atom is -0.342 e. The molecule has 2 nitrogen and oxygen atoms in total. The molecule has 0 N–H and O–H groups in total. The minimum absolute atomic E-state index is 0.203. The SMILES string of the molecule is CCC(C)C(=O)N1CCC(CBr)C1. The van der Waals surface area contributed by atoms with Crippen LogP contribution in [-0.2, 0) is 4.79 Å². The van der Waals surface area contributed by atoms with Gasteiger partial charge in [0.1, 0.15) is 0 Å². The molecule has 1 saturated heterocycles. The summed E-state index contributed by atoms with van der Waals surface area (Å²) in [4.78, 5) is 13.8. The molecule has 1 aliphatic heterocycles. The van der Waals surface area contributed by atoms with Gasteiger partial charge < -0.3 is 4.90 Å². The van der Waals surface area contributed by atoms with Crippen LogP contribution in [0.3, 0.4) is 0 Å². The van der Waals surface area contributed by atoms with Gasteiger partial charge in [0.2, 0.25) is 5.91 Å². The van der Waals surface area contributed by atoms with E-state index in [9.17, 15) is 4.79 Å². The van der Waals surface area contributed by atoms with Gasteiger partial charge in [0.25, 0.3) is 0 Å². The van der Waals surface area contributed by atoms with Crippen molar-refractivity contribution < 1.29 is 4.79 Å². The van der Waals surface area contributed by atoms with Crippen molar-refractivity contribution in [2.75, 3.05) is 18.4 Å². The number of alkyl halides is 1. The summed E-state index contributed by atoms with van der Waals surface area (Å²) in [5, 5.41) is 1.03. The average Bonchev–Trinajstić information content (AvgIpc) is 2.63. The Morgan fingerprint density at radius 1 is 1.69 bits per heavy atom. The fourth-order valence-corrected chi connectivity index (χ4v) is 2.17. The molecule has 13 heavy (non-hydrogen) atoms. The first-order chi connectivity index (χ1) is 6.19. The zero-order valence-corrected chi connectivity index (χ0v) is 10.0. The number of likely N-dealkylation sites (tertiary alicyclic amines) is 1. The molecule has 2 unspecified atom stereocenters. The van der Waals surface area contributed by atoms with E-state index in [1.807, 2.05) is 11.8 Å². The summed E-state index contributed by atoms with van der Waals surface area (Å²) < 4.78 is 0. The lowest BCUT2D eigenvalue weighted by Gasteiger charge is -2.19. The number of carbonyl (C=O) groups is 1. The van der Waals surface area contributed by atoms with E-state index in [-0.39, 0.29) is 5.92 Å². The third kappa shape index (κ3) is 2.70. The summed E-state index contributed by atoms with van der Waals surface area (Å²) >= 11 is 3.47. The van der Waals surface area contributed by atoms with Crippen LogP contribution in [0.25, 0.3) is 0 Å². The summed E-state index contributed by atoms with van der Waals surface area (Å²) in [6, 6.07) is 0. The number of hydrogen-bond acceptors (Lipinski definition) is 1. The second-order valence-electron chi connectivity index (χ2n) is 3.90. The largest absolute Gasteiger partial charge is 0.342 e. The van der Waals surface area contributed by atoms with Gasteiger partial charge in [-0.3, -0.25) is 4.79 Å². The number of nitrogens with zero attached hydrogens (tertiary/aromatic N) is 1. The van der Waals surface area contributed by atoms with Crippen molar-refractivity contribution in [1.82, 2.24) is 4.90 Å². The van der Waals surface area contributed by atoms with E-state index in [2.05, 4.69) is 22.9 Å². The molecule has 2 atom stereocenters. The first-order valence-electron chi connectivity index (χ1n) is 5.03. The van der Waals surface area contributed by atoms with Crippen LogP contribution in [0.15, 0.2) is 0 Å². The smallest absolute Gasteiger partial charge is 0.225 e. The van der Waals surface area contributed by atoms with Crippen molar-refractivity contribution in [2.45, 2.75) is 26.7 Å². The molecule has 76 valence electrons. The molecular formula is C10H18BrNO. The van der Waals surface area contributed by atoms with E-state index >= 15 is 0 Å². The normalized spacial score (nSPS) is 24.8. The number of hydrogen-bond donors (Lipinski definition) is 0. The molecule has 3 heteroatoms. The highest BCUT2D eigenvalue weighted by Gasteiger charge is 2.27. The van der Waals surface area contributed by atoms with Crippen molar-refractivity contribution >= 4 is 21.8 Å². The van der Waals surface area contributed by atoms with Gasteiger partial charge in [-0.2, -0.15) is 0 Å². The van der Waals surface area contributed by atoms with Crippen molar-refractivity contribution in [3.05, 3.63) is 0 Å². The molecule has 1 amide bonds. The number of carbonyl (C=O) groups excluding carboxylic acids is 1. The van der Waals surface area contributed by atoms with Crippen LogP contribution in [-0.4, -0.2) is 29.2 Å². The first-order valence-corrected chi connectivity index (χ1v) is 6.16. The van der Waals surface area contributed by atoms with Crippen LogP contribution in [0.2, 0.25) is 0 Å². The number of rotatable bonds is 3. The summed E-state index contributed by atoms with van der Waals surface area (Å²) in [6.45, 7) is 6.00. The summed E-state index contributed by atoms with van der Waals surface area (Å²) in [7, 11) is 0. The highest BCUT2D eigenvalue weighted by atomic mass is 79.9. The predicted molar refractivity (Wildman–Crippen MR) is 57.9 cm³/mol. The van der Waals surface area contributed by atoms with Gasteiger partial charge in [0, 0.05) is 24.3 Å². The van der Waals surface area contributed by atoms with Gasteiger partial charge in [-0.1, -0.05) is 29.8 Å². The van der Waals surface area contributed by atoms with Crippen LogP contribution in [0.1, 0.15) is 26.7 Å². The third-order valence-corrected chi connectivity index (χ3v) is 3.77. The van der Waals surface area contributed by atoms with Crippen molar-refractivity contribution in [2.24, 2.45) is 11.8 Å². The summed E-state index contributed by atoms with van der Waals surface area (Å²) in [5.74, 6) is 1.22. The Bertz CT molecular complexity index is 184. The molecule has 0 saturated carbocycles. The molecule has 0 aromatic carbocycles. The topological polar surface area (TPSA) is 20.3 Å². The molecule has 0 radical (unpaired) electrons. The van der Waals surface area contributed by atoms with E-state index in [0.717, 1.165) is 31.3 Å². The monoisotopic (exact) mass is 247 g/mol. The molecule has 0 bridgehead atoms. The molecule has 0 aliphatic carbocycles. The zero-order chi connectivity index (χ0) is 9.84.